The summed E-state index contributed by atoms with van der Waals surface area (Å²) in [4.78, 5) is 30.9. The van der Waals surface area contributed by atoms with Crippen LogP contribution in [0.25, 0.3) is 0 Å². The monoisotopic (exact) mass is 602 g/mol. The molecule has 37 heavy (non-hydrogen) atoms. The quantitative estimate of drug-likeness (QED) is 0.349. The summed E-state index contributed by atoms with van der Waals surface area (Å²) in [6, 6.07) is 18.1. The van der Waals surface area contributed by atoms with Gasteiger partial charge in [0, 0.05) is 40.2 Å². The van der Waals surface area contributed by atoms with Crippen molar-refractivity contribution in [1.82, 2.24) is 10.2 Å². The van der Waals surface area contributed by atoms with E-state index in [2.05, 4.69) is 50.3 Å². The Hall–Kier alpha value is -2.58. The van der Waals surface area contributed by atoms with Gasteiger partial charge in [-0.05, 0) is 80.1 Å². The summed E-state index contributed by atoms with van der Waals surface area (Å²) < 4.78 is 0.810. The maximum Gasteiger partial charge on any atom is 0.313 e. The van der Waals surface area contributed by atoms with E-state index in [4.69, 9.17) is 23.2 Å². The molecule has 1 aliphatic rings. The Morgan fingerprint density at radius 2 is 1.68 bits per heavy atom. The van der Waals surface area contributed by atoms with E-state index in [1.165, 1.54) is 0 Å². The highest BCUT2D eigenvalue weighted by atomic mass is 79.9. The van der Waals surface area contributed by atoms with Gasteiger partial charge in [-0.2, -0.15) is 0 Å². The zero-order valence-corrected chi connectivity index (χ0v) is 24.0. The smallest absolute Gasteiger partial charge is 0.313 e. The van der Waals surface area contributed by atoms with Crippen LogP contribution < -0.4 is 15.5 Å². The molecule has 2 amide bonds. The highest BCUT2D eigenvalue weighted by Gasteiger charge is 2.27. The van der Waals surface area contributed by atoms with Crippen LogP contribution in [-0.2, 0) is 9.59 Å². The van der Waals surface area contributed by atoms with Gasteiger partial charge in [0.15, 0.2) is 0 Å². The van der Waals surface area contributed by atoms with Gasteiger partial charge >= 0.3 is 11.8 Å². The van der Waals surface area contributed by atoms with Crippen molar-refractivity contribution in [2.24, 2.45) is 0 Å². The SMILES string of the molecule is Cc1cc(Cl)ccc1C(NC(=O)C(=O)Nc1cc(Br)ccc1N1CCN(C)CC1C)c1ccc(Cl)cc1. The highest BCUT2D eigenvalue weighted by Crippen LogP contribution is 2.32. The maximum atomic E-state index is 13.2. The molecule has 1 saturated heterocycles. The summed E-state index contributed by atoms with van der Waals surface area (Å²) in [5, 5.41) is 6.93. The number of halogens is 3. The summed E-state index contributed by atoms with van der Waals surface area (Å²) in [6.45, 7) is 6.72. The van der Waals surface area contributed by atoms with Crippen LogP contribution in [0, 0.1) is 6.92 Å². The fourth-order valence-electron chi connectivity index (χ4n) is 4.69. The summed E-state index contributed by atoms with van der Waals surface area (Å²) in [6.07, 6.45) is 0. The topological polar surface area (TPSA) is 64.7 Å². The first-order chi connectivity index (χ1) is 17.6. The van der Waals surface area contributed by atoms with Gasteiger partial charge in [-0.25, -0.2) is 0 Å². The second-order valence-corrected chi connectivity index (χ2v) is 11.2. The Kier molecular flexibility index (Phi) is 8.80. The number of benzene rings is 3. The molecular weight excluding hydrogens is 575 g/mol. The highest BCUT2D eigenvalue weighted by molar-refractivity contribution is 9.10. The minimum absolute atomic E-state index is 0.256. The van der Waals surface area contributed by atoms with E-state index in [0.29, 0.717) is 15.7 Å². The largest absolute Gasteiger partial charge is 0.365 e. The molecule has 0 saturated carbocycles. The predicted molar refractivity (Wildman–Crippen MR) is 155 cm³/mol. The lowest BCUT2D eigenvalue weighted by molar-refractivity contribution is -0.136. The molecule has 9 heteroatoms. The first kappa shape index (κ1) is 27.5. The molecule has 2 unspecified atom stereocenters. The molecule has 4 rings (SSSR count). The molecule has 0 bridgehead atoms. The fourth-order valence-corrected chi connectivity index (χ4v) is 5.40. The van der Waals surface area contributed by atoms with E-state index in [-0.39, 0.29) is 6.04 Å². The summed E-state index contributed by atoms with van der Waals surface area (Å²) in [5.74, 6) is -1.49. The zero-order chi connectivity index (χ0) is 26.7. The first-order valence-electron chi connectivity index (χ1n) is 12.0. The van der Waals surface area contributed by atoms with Crippen molar-refractivity contribution < 1.29 is 9.59 Å². The standard InChI is InChI=1S/C28H29BrCl2N4O2/c1-17-14-22(31)9-10-23(17)26(19-4-7-21(30)8-5-19)33-28(37)27(36)32-24-15-20(29)6-11-25(24)35-13-12-34(3)16-18(35)2/h4-11,14-15,18,26H,12-13,16H2,1-3H3,(H,32,36)(H,33,37). The minimum atomic E-state index is -0.744. The molecule has 2 atom stereocenters. The number of hydrogen-bond donors (Lipinski definition) is 2. The van der Waals surface area contributed by atoms with Gasteiger partial charge in [-0.1, -0.05) is 57.3 Å². The molecular formula is C28H29BrCl2N4O2. The van der Waals surface area contributed by atoms with E-state index in [0.717, 1.165) is 46.5 Å². The number of likely N-dealkylation sites (N-methyl/N-ethyl adjacent to an activating group) is 1. The third kappa shape index (κ3) is 6.65. The number of nitrogens with one attached hydrogen (secondary N) is 2. The number of carbonyl (C=O) groups excluding carboxylic acids is 2. The van der Waals surface area contributed by atoms with Gasteiger partial charge in [0.1, 0.15) is 0 Å². The number of carbonyl (C=O) groups is 2. The molecule has 1 aliphatic heterocycles. The van der Waals surface area contributed by atoms with Crippen LogP contribution in [-0.4, -0.2) is 49.4 Å². The molecule has 3 aromatic carbocycles. The van der Waals surface area contributed by atoms with Crippen LogP contribution in [0.4, 0.5) is 11.4 Å². The van der Waals surface area contributed by atoms with Gasteiger partial charge in [0.05, 0.1) is 17.4 Å². The molecule has 0 radical (unpaired) electrons. The fraction of sp³-hybridized carbons (Fsp3) is 0.286. The maximum absolute atomic E-state index is 13.2. The molecule has 0 spiro atoms. The summed E-state index contributed by atoms with van der Waals surface area (Å²) >= 11 is 15.7. The minimum Gasteiger partial charge on any atom is -0.365 e. The van der Waals surface area contributed by atoms with Crippen molar-refractivity contribution in [3.8, 4) is 0 Å². The zero-order valence-electron chi connectivity index (χ0n) is 20.9. The van der Waals surface area contributed by atoms with Crippen molar-refractivity contribution in [3.05, 3.63) is 91.9 Å². The number of rotatable bonds is 5. The number of hydrogen-bond acceptors (Lipinski definition) is 4. The first-order valence-corrected chi connectivity index (χ1v) is 13.6. The van der Waals surface area contributed by atoms with Crippen LogP contribution in [0.2, 0.25) is 10.0 Å². The number of piperazine rings is 1. The van der Waals surface area contributed by atoms with Gasteiger partial charge in [0.25, 0.3) is 0 Å². The number of nitrogens with zero attached hydrogens (tertiary/aromatic N) is 2. The van der Waals surface area contributed by atoms with Gasteiger partial charge in [-0.15, -0.1) is 0 Å². The van der Waals surface area contributed by atoms with Crippen LogP contribution in [0.3, 0.4) is 0 Å². The van der Waals surface area contributed by atoms with Gasteiger partial charge < -0.3 is 20.4 Å². The number of amides is 2. The number of aryl methyl sites for hydroxylation is 1. The molecule has 0 aliphatic carbocycles. The van der Waals surface area contributed by atoms with E-state index in [1.54, 1.807) is 18.2 Å². The molecule has 3 aromatic rings. The van der Waals surface area contributed by atoms with Gasteiger partial charge in [0.2, 0.25) is 0 Å². The van der Waals surface area contributed by atoms with Crippen LogP contribution in [0.5, 0.6) is 0 Å². The van der Waals surface area contributed by atoms with E-state index in [9.17, 15) is 9.59 Å². The molecule has 1 heterocycles. The second-order valence-electron chi connectivity index (χ2n) is 9.38. The molecule has 194 valence electrons. The van der Waals surface area contributed by atoms with Gasteiger partial charge in [-0.3, -0.25) is 9.59 Å². The number of anilines is 2. The lowest BCUT2D eigenvalue weighted by Crippen LogP contribution is -2.50. The van der Waals surface area contributed by atoms with E-state index in [1.807, 2.05) is 49.4 Å². The van der Waals surface area contributed by atoms with Crippen LogP contribution >= 0.6 is 39.1 Å². The van der Waals surface area contributed by atoms with Crippen LogP contribution in [0.1, 0.15) is 29.7 Å². The molecule has 2 N–H and O–H groups in total. The Balaban J connectivity index is 1.59. The van der Waals surface area contributed by atoms with Crippen molar-refractivity contribution >= 4 is 62.3 Å². The molecule has 6 nitrogen and oxygen atoms in total. The Labute approximate surface area is 236 Å². The summed E-state index contributed by atoms with van der Waals surface area (Å²) in [7, 11) is 2.10. The average Bonchev–Trinajstić information content (AvgIpc) is 2.84. The Bertz CT molecular complexity index is 1300. The van der Waals surface area contributed by atoms with E-state index < -0.39 is 17.9 Å². The third-order valence-electron chi connectivity index (χ3n) is 6.57. The van der Waals surface area contributed by atoms with Crippen LogP contribution in [0.15, 0.2) is 65.1 Å². The second kappa shape index (κ2) is 11.9. The Morgan fingerprint density at radius 1 is 0.973 bits per heavy atom. The normalized spacial score (nSPS) is 16.8. The van der Waals surface area contributed by atoms with E-state index >= 15 is 0 Å². The molecule has 1 fully saturated rings. The average molecular weight is 604 g/mol. The Morgan fingerprint density at radius 3 is 2.35 bits per heavy atom. The lowest BCUT2D eigenvalue weighted by Gasteiger charge is -2.40. The molecule has 0 aromatic heterocycles. The van der Waals surface area contributed by atoms with Crippen molar-refractivity contribution in [2.75, 3.05) is 36.9 Å². The van der Waals surface area contributed by atoms with Crippen molar-refractivity contribution in [2.45, 2.75) is 25.9 Å². The van der Waals surface area contributed by atoms with Crippen molar-refractivity contribution in [3.63, 3.8) is 0 Å². The third-order valence-corrected chi connectivity index (χ3v) is 7.55. The predicted octanol–water partition coefficient (Wildman–Crippen LogP) is 6.05. The lowest BCUT2D eigenvalue weighted by atomic mass is 9.95. The van der Waals surface area contributed by atoms with Crippen molar-refractivity contribution in [1.29, 1.82) is 0 Å². The summed E-state index contributed by atoms with van der Waals surface area (Å²) in [5.41, 5.74) is 3.99.